The Kier molecular flexibility index (Phi) is 1.69. The highest BCUT2D eigenvalue weighted by atomic mass is 32.2. The molecule has 2 heteroatoms. The zero-order chi connectivity index (χ0) is 7.03. The molecule has 0 aromatic heterocycles. The lowest BCUT2D eigenvalue weighted by molar-refractivity contribution is 0.363. The van der Waals surface area contributed by atoms with Crippen LogP contribution in [0.5, 0.6) is 0 Å². The predicted molar refractivity (Wildman–Crippen MR) is 46.5 cm³/mol. The van der Waals surface area contributed by atoms with Crippen LogP contribution in [0, 0.1) is 5.41 Å². The van der Waals surface area contributed by atoms with Gasteiger partial charge in [-0.1, -0.05) is 6.92 Å². The highest BCUT2D eigenvalue weighted by Crippen LogP contribution is 2.44. The standard InChI is InChI=1S/C8H15NS/c1-7-4-8(6-10-7)2-3-9-5-8/h7,9H,2-6H2,1H3. The first-order chi connectivity index (χ1) is 4.81. The van der Waals surface area contributed by atoms with Crippen molar-refractivity contribution < 1.29 is 0 Å². The second-order valence-electron chi connectivity index (χ2n) is 3.75. The molecule has 2 saturated heterocycles. The van der Waals surface area contributed by atoms with Gasteiger partial charge in [0.1, 0.15) is 0 Å². The lowest BCUT2D eigenvalue weighted by Crippen LogP contribution is -2.23. The molecular formula is C8H15NS. The molecule has 2 aliphatic rings. The number of hydrogen-bond acceptors (Lipinski definition) is 2. The third-order valence-electron chi connectivity index (χ3n) is 2.73. The van der Waals surface area contributed by atoms with E-state index in [0.717, 1.165) is 5.25 Å². The summed E-state index contributed by atoms with van der Waals surface area (Å²) >= 11 is 2.15. The molecule has 2 fully saturated rings. The summed E-state index contributed by atoms with van der Waals surface area (Å²) in [6.45, 7) is 4.90. The van der Waals surface area contributed by atoms with Crippen LogP contribution in [0.2, 0.25) is 0 Å². The van der Waals surface area contributed by atoms with Crippen molar-refractivity contribution in [1.82, 2.24) is 5.32 Å². The van der Waals surface area contributed by atoms with Gasteiger partial charge in [0.15, 0.2) is 0 Å². The van der Waals surface area contributed by atoms with E-state index < -0.39 is 0 Å². The van der Waals surface area contributed by atoms with Crippen LogP contribution in [-0.2, 0) is 0 Å². The van der Waals surface area contributed by atoms with Crippen LogP contribution in [0.4, 0.5) is 0 Å². The number of nitrogens with one attached hydrogen (secondary N) is 1. The van der Waals surface area contributed by atoms with Crippen LogP contribution in [-0.4, -0.2) is 24.1 Å². The van der Waals surface area contributed by atoms with Crippen LogP contribution in [0.1, 0.15) is 19.8 Å². The quantitative estimate of drug-likeness (QED) is 0.572. The van der Waals surface area contributed by atoms with Gasteiger partial charge in [-0.3, -0.25) is 0 Å². The predicted octanol–water partition coefficient (Wildman–Crippen LogP) is 1.49. The SMILES string of the molecule is CC1CC2(CCNC2)CS1. The third kappa shape index (κ3) is 1.08. The lowest BCUT2D eigenvalue weighted by atomic mass is 9.85. The fourth-order valence-corrected chi connectivity index (χ4v) is 3.61. The van der Waals surface area contributed by atoms with Crippen LogP contribution in [0.15, 0.2) is 0 Å². The van der Waals surface area contributed by atoms with E-state index in [4.69, 9.17) is 0 Å². The van der Waals surface area contributed by atoms with Gasteiger partial charge in [-0.15, -0.1) is 0 Å². The maximum atomic E-state index is 3.46. The average molecular weight is 157 g/mol. The van der Waals surface area contributed by atoms with E-state index in [-0.39, 0.29) is 0 Å². The van der Waals surface area contributed by atoms with Gasteiger partial charge >= 0.3 is 0 Å². The van der Waals surface area contributed by atoms with E-state index in [1.54, 1.807) is 0 Å². The van der Waals surface area contributed by atoms with Crippen LogP contribution < -0.4 is 5.32 Å². The molecule has 0 aromatic rings. The monoisotopic (exact) mass is 157 g/mol. The van der Waals surface area contributed by atoms with Crippen LogP contribution in [0.25, 0.3) is 0 Å². The molecule has 2 rings (SSSR count). The molecule has 2 unspecified atom stereocenters. The van der Waals surface area contributed by atoms with Crippen molar-refractivity contribution in [3.63, 3.8) is 0 Å². The highest BCUT2D eigenvalue weighted by Gasteiger charge is 2.39. The Morgan fingerprint density at radius 3 is 3.00 bits per heavy atom. The highest BCUT2D eigenvalue weighted by molar-refractivity contribution is 8.00. The van der Waals surface area contributed by atoms with Gasteiger partial charge in [0.05, 0.1) is 0 Å². The van der Waals surface area contributed by atoms with Crippen molar-refractivity contribution in [2.45, 2.75) is 25.0 Å². The summed E-state index contributed by atoms with van der Waals surface area (Å²) in [7, 11) is 0. The second kappa shape index (κ2) is 2.42. The molecule has 2 heterocycles. The molecule has 2 aliphatic heterocycles. The van der Waals surface area contributed by atoms with Gasteiger partial charge in [0, 0.05) is 17.5 Å². The van der Waals surface area contributed by atoms with E-state index in [1.807, 2.05) is 0 Å². The Balaban J connectivity index is 2.03. The molecule has 0 radical (unpaired) electrons. The van der Waals surface area contributed by atoms with E-state index in [9.17, 15) is 0 Å². The van der Waals surface area contributed by atoms with E-state index in [0.29, 0.717) is 5.41 Å². The molecule has 0 amide bonds. The van der Waals surface area contributed by atoms with Gasteiger partial charge in [-0.05, 0) is 24.8 Å². The molecule has 0 bridgehead atoms. The molecule has 1 spiro atoms. The van der Waals surface area contributed by atoms with Gasteiger partial charge in [0.25, 0.3) is 0 Å². The molecular weight excluding hydrogens is 142 g/mol. The first-order valence-electron chi connectivity index (χ1n) is 4.13. The normalized spacial score (nSPS) is 47.1. The number of hydrogen-bond donors (Lipinski definition) is 1. The minimum atomic E-state index is 0.712. The van der Waals surface area contributed by atoms with E-state index in [2.05, 4.69) is 24.0 Å². The zero-order valence-electron chi connectivity index (χ0n) is 6.52. The fourth-order valence-electron chi connectivity index (χ4n) is 2.14. The van der Waals surface area contributed by atoms with Crippen molar-refractivity contribution >= 4 is 11.8 Å². The van der Waals surface area contributed by atoms with Crippen molar-refractivity contribution in [2.24, 2.45) is 5.41 Å². The largest absolute Gasteiger partial charge is 0.316 e. The molecule has 2 atom stereocenters. The summed E-state index contributed by atoms with van der Waals surface area (Å²) in [5.41, 5.74) is 0.712. The Labute approximate surface area is 67.0 Å². The fraction of sp³-hybridized carbons (Fsp3) is 1.00. The van der Waals surface area contributed by atoms with Gasteiger partial charge in [-0.2, -0.15) is 11.8 Å². The Morgan fingerprint density at radius 1 is 1.60 bits per heavy atom. The third-order valence-corrected chi connectivity index (χ3v) is 4.24. The maximum Gasteiger partial charge on any atom is 0.00249 e. The molecule has 10 heavy (non-hydrogen) atoms. The maximum absolute atomic E-state index is 3.46. The molecule has 0 saturated carbocycles. The Morgan fingerprint density at radius 2 is 2.50 bits per heavy atom. The first kappa shape index (κ1) is 6.99. The molecule has 1 nitrogen and oxygen atoms in total. The van der Waals surface area contributed by atoms with Crippen molar-refractivity contribution in [3.8, 4) is 0 Å². The second-order valence-corrected chi connectivity index (χ2v) is 5.18. The number of rotatable bonds is 0. The van der Waals surface area contributed by atoms with Crippen LogP contribution in [0.3, 0.4) is 0 Å². The Hall–Kier alpha value is 0.310. The van der Waals surface area contributed by atoms with E-state index >= 15 is 0 Å². The minimum Gasteiger partial charge on any atom is -0.316 e. The smallest absolute Gasteiger partial charge is 0.00249 e. The summed E-state index contributed by atoms with van der Waals surface area (Å²) in [5, 5.41) is 4.38. The van der Waals surface area contributed by atoms with Crippen molar-refractivity contribution in [1.29, 1.82) is 0 Å². The summed E-state index contributed by atoms with van der Waals surface area (Å²) in [6, 6.07) is 0. The van der Waals surface area contributed by atoms with Gasteiger partial charge in [-0.25, -0.2) is 0 Å². The van der Waals surface area contributed by atoms with Crippen molar-refractivity contribution in [2.75, 3.05) is 18.8 Å². The molecule has 0 aliphatic carbocycles. The van der Waals surface area contributed by atoms with Gasteiger partial charge in [0.2, 0.25) is 0 Å². The van der Waals surface area contributed by atoms with Gasteiger partial charge < -0.3 is 5.32 Å². The summed E-state index contributed by atoms with van der Waals surface area (Å²) in [5.74, 6) is 1.40. The summed E-state index contributed by atoms with van der Waals surface area (Å²) in [4.78, 5) is 0. The zero-order valence-corrected chi connectivity index (χ0v) is 7.34. The summed E-state index contributed by atoms with van der Waals surface area (Å²) < 4.78 is 0. The molecule has 1 N–H and O–H groups in total. The van der Waals surface area contributed by atoms with E-state index in [1.165, 1.54) is 31.7 Å². The Bertz CT molecular complexity index is 129. The molecule has 0 aromatic carbocycles. The molecule has 58 valence electrons. The van der Waals surface area contributed by atoms with Crippen LogP contribution >= 0.6 is 11.8 Å². The first-order valence-corrected chi connectivity index (χ1v) is 5.18. The minimum absolute atomic E-state index is 0.712. The van der Waals surface area contributed by atoms with Crippen molar-refractivity contribution in [3.05, 3.63) is 0 Å². The lowest BCUT2D eigenvalue weighted by Gasteiger charge is -2.19. The average Bonchev–Trinajstić information content (AvgIpc) is 2.46. The number of thioether (sulfide) groups is 1. The topological polar surface area (TPSA) is 12.0 Å². The summed E-state index contributed by atoms with van der Waals surface area (Å²) in [6.07, 6.45) is 2.87.